The van der Waals surface area contributed by atoms with Gasteiger partial charge in [-0.15, -0.1) is 0 Å². The number of aryl methyl sites for hydroxylation is 1. The zero-order chi connectivity index (χ0) is 23.3. The first-order chi connectivity index (χ1) is 15.9. The number of esters is 1. The Hall–Kier alpha value is -1.77. The Morgan fingerprint density at radius 3 is 2.48 bits per heavy atom. The Morgan fingerprint density at radius 1 is 1.18 bits per heavy atom. The normalized spacial score (nSPS) is 24.6. The molecule has 2 aliphatic carbocycles. The summed E-state index contributed by atoms with van der Waals surface area (Å²) in [4.78, 5) is 36.1. The van der Waals surface area contributed by atoms with E-state index in [1.807, 2.05) is 6.92 Å². The Balaban J connectivity index is 1.26. The quantitative estimate of drug-likeness (QED) is 0.523. The summed E-state index contributed by atoms with van der Waals surface area (Å²) < 4.78 is 5.33. The van der Waals surface area contributed by atoms with Gasteiger partial charge in [-0.05, 0) is 26.7 Å². The second-order valence-electron chi connectivity index (χ2n) is 9.25. The number of aromatic nitrogens is 2. The summed E-state index contributed by atoms with van der Waals surface area (Å²) in [6.45, 7) is 5.61. The fourth-order valence-electron chi connectivity index (χ4n) is 5.30. The van der Waals surface area contributed by atoms with Gasteiger partial charge in [0.15, 0.2) is 5.13 Å². The summed E-state index contributed by atoms with van der Waals surface area (Å²) in [6, 6.07) is 0.120. The number of ether oxygens (including phenoxy) is 1. The monoisotopic (exact) mass is 510 g/mol. The van der Waals surface area contributed by atoms with Gasteiger partial charge in [-0.1, -0.05) is 53.8 Å². The molecule has 2 N–H and O–H groups in total. The molecule has 3 atom stereocenters. The number of hydrogen-bond acceptors (Lipinski definition) is 6. The number of hydrogen-bond donors (Lipinski definition) is 2. The van der Waals surface area contributed by atoms with Gasteiger partial charge in [0.25, 0.3) is 5.91 Å². The van der Waals surface area contributed by atoms with Gasteiger partial charge in [0.1, 0.15) is 10.6 Å². The largest absolute Gasteiger partial charge is 0.462 e. The third-order valence-electron chi connectivity index (χ3n) is 7.14. The molecule has 3 heterocycles. The van der Waals surface area contributed by atoms with Crippen LogP contribution >= 0.6 is 34.5 Å². The van der Waals surface area contributed by atoms with Crippen LogP contribution in [0.5, 0.6) is 0 Å². The lowest BCUT2D eigenvalue weighted by Crippen LogP contribution is -2.34. The average molecular weight is 511 g/mol. The molecule has 0 aromatic carbocycles. The highest BCUT2D eigenvalue weighted by Crippen LogP contribution is 2.48. The van der Waals surface area contributed by atoms with Gasteiger partial charge in [0.2, 0.25) is 0 Å². The summed E-state index contributed by atoms with van der Waals surface area (Å²) in [5, 5.41) is 4.65. The van der Waals surface area contributed by atoms with Crippen LogP contribution < -0.4 is 10.2 Å². The number of thiazole rings is 1. The summed E-state index contributed by atoms with van der Waals surface area (Å²) in [7, 11) is 0. The van der Waals surface area contributed by atoms with E-state index in [2.05, 4.69) is 15.2 Å². The van der Waals surface area contributed by atoms with Crippen molar-refractivity contribution < 1.29 is 14.3 Å². The molecule has 7 nitrogen and oxygen atoms in total. The number of rotatable bonds is 6. The standard InChI is InChI=1S/C23H28Cl2N4O3S/c1-3-32-22(31)20-17(12-7-5-4-6-8-12)28-23(33-20)29-9-13-14(10-29)18(13)27-21(30)19-16(25)15(24)11(2)26-19/h12-14,18,26H,3-10H2,1-2H3,(H,27,30)/t13-,14+,18?. The van der Waals surface area contributed by atoms with E-state index in [1.165, 1.54) is 30.6 Å². The molecule has 5 rings (SSSR count). The second kappa shape index (κ2) is 9.12. The van der Waals surface area contributed by atoms with E-state index in [1.54, 1.807) is 6.92 Å². The van der Waals surface area contributed by atoms with Crippen molar-refractivity contribution in [2.24, 2.45) is 11.8 Å². The summed E-state index contributed by atoms with van der Waals surface area (Å²) in [5.41, 5.74) is 1.92. The molecule has 178 valence electrons. The van der Waals surface area contributed by atoms with E-state index in [0.717, 1.165) is 36.8 Å². The number of carbonyl (C=O) groups is 2. The number of piperidine rings is 1. The number of aromatic amines is 1. The molecule has 10 heteroatoms. The maximum Gasteiger partial charge on any atom is 0.350 e. The van der Waals surface area contributed by atoms with Crippen LogP contribution in [0.15, 0.2) is 0 Å². The number of anilines is 1. The second-order valence-corrected chi connectivity index (χ2v) is 11.0. The van der Waals surface area contributed by atoms with Crippen molar-refractivity contribution >= 4 is 51.5 Å². The highest BCUT2D eigenvalue weighted by Gasteiger charge is 2.57. The molecule has 0 radical (unpaired) electrons. The van der Waals surface area contributed by atoms with E-state index in [-0.39, 0.29) is 22.9 Å². The number of carbonyl (C=O) groups excluding carboxylic acids is 2. The minimum atomic E-state index is -0.256. The van der Waals surface area contributed by atoms with Crippen molar-refractivity contribution in [1.82, 2.24) is 15.3 Å². The van der Waals surface area contributed by atoms with Crippen molar-refractivity contribution in [3.63, 3.8) is 0 Å². The first-order valence-corrected chi connectivity index (χ1v) is 13.2. The van der Waals surface area contributed by atoms with E-state index in [0.29, 0.717) is 45.6 Å². The van der Waals surface area contributed by atoms with Crippen LogP contribution in [0, 0.1) is 18.8 Å². The Morgan fingerprint density at radius 2 is 1.88 bits per heavy atom. The first-order valence-electron chi connectivity index (χ1n) is 11.7. The van der Waals surface area contributed by atoms with Gasteiger partial charge >= 0.3 is 5.97 Å². The van der Waals surface area contributed by atoms with Crippen LogP contribution in [0.25, 0.3) is 0 Å². The topological polar surface area (TPSA) is 87.3 Å². The van der Waals surface area contributed by atoms with Gasteiger partial charge in [0.05, 0.1) is 22.3 Å². The molecule has 2 aromatic heterocycles. The molecule has 2 aromatic rings. The van der Waals surface area contributed by atoms with E-state index in [4.69, 9.17) is 32.9 Å². The smallest absolute Gasteiger partial charge is 0.350 e. The molecule has 1 saturated heterocycles. The third-order valence-corrected chi connectivity index (χ3v) is 9.20. The Labute approximate surface area is 207 Å². The van der Waals surface area contributed by atoms with Crippen molar-refractivity contribution in [3.8, 4) is 0 Å². The lowest BCUT2D eigenvalue weighted by atomic mass is 9.86. The van der Waals surface area contributed by atoms with Crippen molar-refractivity contribution in [2.45, 2.75) is 57.9 Å². The predicted molar refractivity (Wildman–Crippen MR) is 130 cm³/mol. The molecular formula is C23H28Cl2N4O3S. The maximum atomic E-state index is 12.7. The number of halogens is 2. The molecule has 1 amide bonds. The number of fused-ring (bicyclic) bond motifs is 1. The fraction of sp³-hybridized carbons (Fsp3) is 0.609. The van der Waals surface area contributed by atoms with Gasteiger partial charge in [-0.3, -0.25) is 4.79 Å². The highest BCUT2D eigenvalue weighted by molar-refractivity contribution is 7.17. The van der Waals surface area contributed by atoms with Crippen LogP contribution in [0.2, 0.25) is 10.0 Å². The minimum Gasteiger partial charge on any atom is -0.462 e. The number of amides is 1. The summed E-state index contributed by atoms with van der Waals surface area (Å²) >= 11 is 13.7. The predicted octanol–water partition coefficient (Wildman–Crippen LogP) is 5.18. The first kappa shape index (κ1) is 23.0. The van der Waals surface area contributed by atoms with Crippen LogP contribution in [-0.4, -0.2) is 47.6 Å². The van der Waals surface area contributed by atoms with Gasteiger partial charge in [-0.25, -0.2) is 9.78 Å². The highest BCUT2D eigenvalue weighted by atomic mass is 35.5. The van der Waals surface area contributed by atoms with Crippen LogP contribution in [0.3, 0.4) is 0 Å². The average Bonchev–Trinajstić information content (AvgIpc) is 3.19. The van der Waals surface area contributed by atoms with Crippen molar-refractivity contribution in [1.29, 1.82) is 0 Å². The SMILES string of the molecule is CCOC(=O)c1sc(N2C[C@@H]3C(NC(=O)c4[nH]c(C)c(Cl)c4Cl)[C@@H]3C2)nc1C1CCCCC1. The van der Waals surface area contributed by atoms with Gasteiger partial charge in [0, 0.05) is 42.6 Å². The molecule has 1 aliphatic heterocycles. The fourth-order valence-corrected chi connectivity index (χ4v) is 6.78. The zero-order valence-electron chi connectivity index (χ0n) is 18.7. The summed E-state index contributed by atoms with van der Waals surface area (Å²) in [6.07, 6.45) is 5.79. The number of H-pyrrole nitrogens is 1. The lowest BCUT2D eigenvalue weighted by Gasteiger charge is -2.21. The Kier molecular flexibility index (Phi) is 6.35. The molecular weight excluding hydrogens is 483 g/mol. The molecule has 3 fully saturated rings. The van der Waals surface area contributed by atoms with Crippen molar-refractivity contribution in [3.05, 3.63) is 32.0 Å². The van der Waals surface area contributed by atoms with Crippen LogP contribution in [-0.2, 0) is 4.74 Å². The summed E-state index contributed by atoms with van der Waals surface area (Å²) in [5.74, 6) is 0.597. The van der Waals surface area contributed by atoms with E-state index < -0.39 is 0 Å². The van der Waals surface area contributed by atoms with E-state index in [9.17, 15) is 9.59 Å². The van der Waals surface area contributed by atoms with Crippen molar-refractivity contribution in [2.75, 3.05) is 24.6 Å². The van der Waals surface area contributed by atoms with Gasteiger partial charge < -0.3 is 19.9 Å². The lowest BCUT2D eigenvalue weighted by molar-refractivity contribution is 0.0529. The van der Waals surface area contributed by atoms with Crippen LogP contribution in [0.4, 0.5) is 5.13 Å². The molecule has 0 spiro atoms. The van der Waals surface area contributed by atoms with Crippen LogP contribution in [0.1, 0.15) is 76.5 Å². The zero-order valence-corrected chi connectivity index (χ0v) is 21.1. The molecule has 1 unspecified atom stereocenters. The number of nitrogens with one attached hydrogen (secondary N) is 2. The molecule has 33 heavy (non-hydrogen) atoms. The minimum absolute atomic E-state index is 0.120. The third kappa shape index (κ3) is 4.26. The Bertz CT molecular complexity index is 1070. The van der Waals surface area contributed by atoms with E-state index >= 15 is 0 Å². The maximum absolute atomic E-state index is 12.7. The molecule has 2 saturated carbocycles. The molecule has 3 aliphatic rings. The molecule has 0 bridgehead atoms. The van der Waals surface area contributed by atoms with Gasteiger partial charge in [-0.2, -0.15) is 0 Å². The number of nitrogens with zero attached hydrogens (tertiary/aromatic N) is 2.